The van der Waals surface area contributed by atoms with Gasteiger partial charge >= 0.3 is 0 Å². The largest absolute Gasteiger partial charge is 0.392 e. The first-order chi connectivity index (χ1) is 8.76. The Morgan fingerprint density at radius 1 is 1.17 bits per heavy atom. The van der Waals surface area contributed by atoms with Gasteiger partial charge in [-0.25, -0.2) is 0 Å². The second-order valence-corrected chi connectivity index (χ2v) is 6.90. The van der Waals surface area contributed by atoms with Crippen molar-refractivity contribution in [3.05, 3.63) is 0 Å². The minimum Gasteiger partial charge on any atom is -0.392 e. The van der Waals surface area contributed by atoms with E-state index < -0.39 is 0 Å². The maximum absolute atomic E-state index is 10.7. The topological polar surface area (TPSA) is 38.7 Å². The number of fused-ring (bicyclic) bond motifs is 2. The quantitative estimate of drug-likeness (QED) is 0.819. The summed E-state index contributed by atoms with van der Waals surface area (Å²) in [7, 11) is 0. The van der Waals surface area contributed by atoms with Gasteiger partial charge in [0.25, 0.3) is 0 Å². The first-order valence-electron chi connectivity index (χ1n) is 7.73. The van der Waals surface area contributed by atoms with Gasteiger partial charge in [0.15, 0.2) is 0 Å². The highest BCUT2D eigenvalue weighted by Gasteiger charge is 2.49. The summed E-state index contributed by atoms with van der Waals surface area (Å²) in [5.74, 6) is 0.857. The van der Waals surface area contributed by atoms with Gasteiger partial charge in [-0.05, 0) is 57.3 Å². The molecule has 0 aromatic heterocycles. The fraction of sp³-hybridized carbons (Fsp3) is 1.00. The summed E-state index contributed by atoms with van der Waals surface area (Å²) in [6, 6.07) is 0. The lowest BCUT2D eigenvalue weighted by Crippen LogP contribution is -2.49. The zero-order valence-electron chi connectivity index (χ0n) is 11.0. The Hall–Kier alpha value is -0.120. The SMILES string of the molecule is OC(C1CCOC2(CCC2)C1)C1CC2CCC1O2. The van der Waals surface area contributed by atoms with Gasteiger partial charge < -0.3 is 14.6 Å². The Balaban J connectivity index is 1.43. The van der Waals surface area contributed by atoms with Gasteiger partial charge in [0.05, 0.1) is 23.9 Å². The second-order valence-electron chi connectivity index (χ2n) is 6.90. The molecule has 3 heterocycles. The van der Waals surface area contributed by atoms with E-state index in [1.807, 2.05) is 0 Å². The van der Waals surface area contributed by atoms with Crippen LogP contribution in [0.4, 0.5) is 0 Å². The van der Waals surface area contributed by atoms with E-state index in [0.29, 0.717) is 24.0 Å². The zero-order valence-corrected chi connectivity index (χ0v) is 11.0. The summed E-state index contributed by atoms with van der Waals surface area (Å²) in [6.45, 7) is 0.851. The fourth-order valence-electron chi connectivity index (χ4n) is 4.66. The molecule has 3 aliphatic heterocycles. The van der Waals surface area contributed by atoms with Gasteiger partial charge in [0.2, 0.25) is 0 Å². The molecular weight excluding hydrogens is 228 g/mol. The predicted octanol–water partition coefficient (Wildman–Crippen LogP) is 2.26. The average Bonchev–Trinajstić information content (AvgIpc) is 2.98. The third-order valence-corrected chi connectivity index (χ3v) is 5.87. The number of aliphatic hydroxyl groups is 1. The van der Waals surface area contributed by atoms with Crippen LogP contribution in [0, 0.1) is 11.8 Å². The summed E-state index contributed by atoms with van der Waals surface area (Å²) in [5.41, 5.74) is 0.155. The minimum absolute atomic E-state index is 0.151. The molecule has 0 aromatic carbocycles. The van der Waals surface area contributed by atoms with Crippen LogP contribution >= 0.6 is 0 Å². The third-order valence-electron chi connectivity index (χ3n) is 5.87. The molecule has 5 atom stereocenters. The van der Waals surface area contributed by atoms with Crippen LogP contribution < -0.4 is 0 Å². The van der Waals surface area contributed by atoms with E-state index in [1.165, 1.54) is 32.1 Å². The van der Waals surface area contributed by atoms with Crippen LogP contribution in [-0.2, 0) is 9.47 Å². The smallest absolute Gasteiger partial charge is 0.0686 e. The molecular formula is C15H24O3. The van der Waals surface area contributed by atoms with Gasteiger partial charge in [-0.1, -0.05) is 0 Å². The summed E-state index contributed by atoms with van der Waals surface area (Å²) in [6.07, 6.45) is 9.98. The van der Waals surface area contributed by atoms with Crippen molar-refractivity contribution in [1.82, 2.24) is 0 Å². The standard InChI is InChI=1S/C15H24O3/c16-14(12-8-11-2-3-13(12)18-11)10-4-7-17-15(9-10)5-1-6-15/h10-14,16H,1-9H2. The molecule has 4 fully saturated rings. The van der Waals surface area contributed by atoms with Crippen LogP contribution in [0.5, 0.6) is 0 Å². The van der Waals surface area contributed by atoms with Crippen molar-refractivity contribution in [2.75, 3.05) is 6.61 Å². The van der Waals surface area contributed by atoms with Crippen LogP contribution in [0.2, 0.25) is 0 Å². The lowest BCUT2D eigenvalue weighted by atomic mass is 9.68. The van der Waals surface area contributed by atoms with Crippen molar-refractivity contribution in [2.24, 2.45) is 11.8 Å². The van der Waals surface area contributed by atoms with Crippen molar-refractivity contribution >= 4 is 0 Å². The molecule has 3 nitrogen and oxygen atoms in total. The third kappa shape index (κ3) is 1.75. The highest BCUT2D eigenvalue weighted by atomic mass is 16.5. The molecule has 0 radical (unpaired) electrons. The zero-order chi connectivity index (χ0) is 12.2. The molecule has 1 aliphatic carbocycles. The molecule has 2 bridgehead atoms. The van der Waals surface area contributed by atoms with Crippen molar-refractivity contribution < 1.29 is 14.6 Å². The molecule has 18 heavy (non-hydrogen) atoms. The molecule has 102 valence electrons. The molecule has 1 saturated carbocycles. The van der Waals surface area contributed by atoms with Crippen LogP contribution in [0.15, 0.2) is 0 Å². The van der Waals surface area contributed by atoms with Gasteiger partial charge in [-0.3, -0.25) is 0 Å². The lowest BCUT2D eigenvalue weighted by molar-refractivity contribution is -0.163. The minimum atomic E-state index is -0.151. The Bertz CT molecular complexity index is 326. The van der Waals surface area contributed by atoms with Crippen molar-refractivity contribution in [3.63, 3.8) is 0 Å². The summed E-state index contributed by atoms with van der Waals surface area (Å²) < 4.78 is 11.9. The highest BCUT2D eigenvalue weighted by Crippen LogP contribution is 2.48. The van der Waals surface area contributed by atoms with Crippen LogP contribution in [0.25, 0.3) is 0 Å². The van der Waals surface area contributed by atoms with Crippen LogP contribution in [0.3, 0.4) is 0 Å². The van der Waals surface area contributed by atoms with Gasteiger partial charge in [0, 0.05) is 12.5 Å². The first-order valence-corrected chi connectivity index (χ1v) is 7.73. The Morgan fingerprint density at radius 2 is 2.06 bits per heavy atom. The molecule has 1 N–H and O–H groups in total. The number of aliphatic hydroxyl groups excluding tert-OH is 1. The molecule has 5 unspecified atom stereocenters. The maximum Gasteiger partial charge on any atom is 0.0686 e. The van der Waals surface area contributed by atoms with Crippen LogP contribution in [-0.4, -0.2) is 35.6 Å². The molecule has 0 aromatic rings. The summed E-state index contributed by atoms with van der Waals surface area (Å²) in [4.78, 5) is 0. The van der Waals surface area contributed by atoms with E-state index in [4.69, 9.17) is 9.47 Å². The van der Waals surface area contributed by atoms with E-state index in [1.54, 1.807) is 0 Å². The van der Waals surface area contributed by atoms with Crippen molar-refractivity contribution in [3.8, 4) is 0 Å². The first kappa shape index (κ1) is 11.7. The highest BCUT2D eigenvalue weighted by molar-refractivity contribution is 4.99. The number of hydrogen-bond acceptors (Lipinski definition) is 3. The molecule has 4 aliphatic rings. The molecule has 3 heteroatoms. The van der Waals surface area contributed by atoms with E-state index in [2.05, 4.69) is 0 Å². The van der Waals surface area contributed by atoms with Crippen molar-refractivity contribution in [2.45, 2.75) is 75.3 Å². The van der Waals surface area contributed by atoms with E-state index in [-0.39, 0.29) is 11.7 Å². The van der Waals surface area contributed by atoms with Crippen LogP contribution in [0.1, 0.15) is 51.4 Å². The Labute approximate surface area is 109 Å². The van der Waals surface area contributed by atoms with E-state index in [9.17, 15) is 5.11 Å². The molecule has 0 amide bonds. The van der Waals surface area contributed by atoms with Gasteiger partial charge in [-0.2, -0.15) is 0 Å². The summed E-state index contributed by atoms with van der Waals surface area (Å²) in [5, 5.41) is 10.7. The number of rotatable bonds is 2. The molecule has 1 spiro atoms. The monoisotopic (exact) mass is 252 g/mol. The second kappa shape index (κ2) is 4.19. The molecule has 4 rings (SSSR count). The molecule has 3 saturated heterocycles. The maximum atomic E-state index is 10.7. The number of hydrogen-bond donors (Lipinski definition) is 1. The average molecular weight is 252 g/mol. The normalized spacial score (nSPS) is 47.2. The van der Waals surface area contributed by atoms with Crippen molar-refractivity contribution in [1.29, 1.82) is 0 Å². The predicted molar refractivity (Wildman–Crippen MR) is 67.3 cm³/mol. The summed E-state index contributed by atoms with van der Waals surface area (Å²) >= 11 is 0. The van der Waals surface area contributed by atoms with Gasteiger partial charge in [-0.15, -0.1) is 0 Å². The van der Waals surface area contributed by atoms with E-state index >= 15 is 0 Å². The lowest BCUT2D eigenvalue weighted by Gasteiger charge is -2.49. The van der Waals surface area contributed by atoms with Gasteiger partial charge in [0.1, 0.15) is 0 Å². The fourth-order valence-corrected chi connectivity index (χ4v) is 4.66. The number of ether oxygens (including phenoxy) is 2. The van der Waals surface area contributed by atoms with E-state index in [0.717, 1.165) is 25.9 Å². The Morgan fingerprint density at radius 3 is 2.67 bits per heavy atom. The Kier molecular flexibility index (Phi) is 2.72.